The number of rotatable bonds is 5. The van der Waals surface area contributed by atoms with Gasteiger partial charge in [-0.1, -0.05) is 6.92 Å². The molecule has 1 rings (SSSR count). The number of nitrogens with one attached hydrogen (secondary N) is 1. The molecule has 88 valence electrons. The number of hydrogen-bond donors (Lipinski definition) is 1. The monoisotopic (exact) mass is 221 g/mol. The SMILES string of the molecule is CCCC(=O)Nc1ccc(OC(C)C)cc1. The van der Waals surface area contributed by atoms with Crippen molar-refractivity contribution in [2.45, 2.75) is 39.7 Å². The van der Waals surface area contributed by atoms with Crippen molar-refractivity contribution < 1.29 is 9.53 Å². The van der Waals surface area contributed by atoms with Crippen molar-refractivity contribution >= 4 is 11.6 Å². The van der Waals surface area contributed by atoms with Gasteiger partial charge in [-0.3, -0.25) is 4.79 Å². The van der Waals surface area contributed by atoms with Gasteiger partial charge in [0.1, 0.15) is 5.75 Å². The number of anilines is 1. The van der Waals surface area contributed by atoms with Crippen LogP contribution in [0.4, 0.5) is 5.69 Å². The quantitative estimate of drug-likeness (QED) is 0.829. The standard InChI is InChI=1S/C13H19NO2/c1-4-5-13(15)14-11-6-8-12(9-7-11)16-10(2)3/h6-10H,4-5H2,1-3H3,(H,14,15). The van der Waals surface area contributed by atoms with Gasteiger partial charge < -0.3 is 10.1 Å². The van der Waals surface area contributed by atoms with Gasteiger partial charge in [0.2, 0.25) is 5.91 Å². The lowest BCUT2D eigenvalue weighted by Gasteiger charge is -2.10. The van der Waals surface area contributed by atoms with Crippen LogP contribution in [-0.4, -0.2) is 12.0 Å². The van der Waals surface area contributed by atoms with E-state index in [1.165, 1.54) is 0 Å². The molecule has 3 nitrogen and oxygen atoms in total. The third-order valence-corrected chi connectivity index (χ3v) is 1.99. The molecule has 0 heterocycles. The van der Waals surface area contributed by atoms with Crippen LogP contribution in [0.1, 0.15) is 33.6 Å². The molecular formula is C13H19NO2. The highest BCUT2D eigenvalue weighted by molar-refractivity contribution is 5.90. The van der Waals surface area contributed by atoms with Crippen molar-refractivity contribution in [3.05, 3.63) is 24.3 Å². The van der Waals surface area contributed by atoms with Crippen molar-refractivity contribution in [2.75, 3.05) is 5.32 Å². The smallest absolute Gasteiger partial charge is 0.224 e. The molecule has 1 aromatic rings. The summed E-state index contributed by atoms with van der Waals surface area (Å²) in [4.78, 5) is 11.3. The number of carbonyl (C=O) groups excluding carboxylic acids is 1. The van der Waals surface area contributed by atoms with Crippen LogP contribution in [0.15, 0.2) is 24.3 Å². The molecule has 16 heavy (non-hydrogen) atoms. The zero-order chi connectivity index (χ0) is 12.0. The number of ether oxygens (including phenoxy) is 1. The van der Waals surface area contributed by atoms with Crippen LogP contribution >= 0.6 is 0 Å². The van der Waals surface area contributed by atoms with E-state index in [1.807, 2.05) is 45.0 Å². The van der Waals surface area contributed by atoms with E-state index in [1.54, 1.807) is 0 Å². The normalized spacial score (nSPS) is 10.2. The Hall–Kier alpha value is -1.51. The Balaban J connectivity index is 2.54. The highest BCUT2D eigenvalue weighted by atomic mass is 16.5. The molecule has 0 radical (unpaired) electrons. The molecule has 0 fully saturated rings. The molecule has 1 amide bonds. The van der Waals surface area contributed by atoms with Crippen molar-refractivity contribution in [1.82, 2.24) is 0 Å². The van der Waals surface area contributed by atoms with Crippen LogP contribution in [0.3, 0.4) is 0 Å². The number of carbonyl (C=O) groups is 1. The molecule has 1 aromatic carbocycles. The van der Waals surface area contributed by atoms with Gasteiger partial charge in [0, 0.05) is 12.1 Å². The summed E-state index contributed by atoms with van der Waals surface area (Å²) >= 11 is 0. The van der Waals surface area contributed by atoms with Gasteiger partial charge in [0.05, 0.1) is 6.10 Å². The first-order chi connectivity index (χ1) is 7.61. The van der Waals surface area contributed by atoms with E-state index in [0.717, 1.165) is 17.9 Å². The van der Waals surface area contributed by atoms with E-state index in [4.69, 9.17) is 4.74 Å². The summed E-state index contributed by atoms with van der Waals surface area (Å²) in [6.07, 6.45) is 1.59. The van der Waals surface area contributed by atoms with E-state index in [9.17, 15) is 4.79 Å². The Morgan fingerprint density at radius 3 is 2.44 bits per heavy atom. The van der Waals surface area contributed by atoms with E-state index in [2.05, 4.69) is 5.32 Å². The van der Waals surface area contributed by atoms with Crippen LogP contribution in [0.25, 0.3) is 0 Å². The molecule has 0 saturated heterocycles. The maximum Gasteiger partial charge on any atom is 0.224 e. The van der Waals surface area contributed by atoms with Gasteiger partial charge in [-0.25, -0.2) is 0 Å². The second-order valence-electron chi connectivity index (χ2n) is 3.99. The number of amides is 1. The van der Waals surface area contributed by atoms with E-state index in [0.29, 0.717) is 6.42 Å². The molecular weight excluding hydrogens is 202 g/mol. The van der Waals surface area contributed by atoms with E-state index < -0.39 is 0 Å². The fraction of sp³-hybridized carbons (Fsp3) is 0.462. The molecule has 1 N–H and O–H groups in total. The van der Waals surface area contributed by atoms with Crippen molar-refractivity contribution in [3.63, 3.8) is 0 Å². The third-order valence-electron chi connectivity index (χ3n) is 1.99. The molecule has 0 saturated carbocycles. The second kappa shape index (κ2) is 6.16. The summed E-state index contributed by atoms with van der Waals surface area (Å²) in [6.45, 7) is 5.95. The fourth-order valence-electron chi connectivity index (χ4n) is 1.34. The Labute approximate surface area is 96.8 Å². The molecule has 0 aliphatic carbocycles. The third kappa shape index (κ3) is 4.34. The van der Waals surface area contributed by atoms with Crippen molar-refractivity contribution in [2.24, 2.45) is 0 Å². The Morgan fingerprint density at radius 2 is 1.94 bits per heavy atom. The highest BCUT2D eigenvalue weighted by Gasteiger charge is 2.01. The van der Waals surface area contributed by atoms with E-state index >= 15 is 0 Å². The van der Waals surface area contributed by atoms with Gasteiger partial charge in [0.15, 0.2) is 0 Å². The van der Waals surface area contributed by atoms with Crippen LogP contribution in [0.5, 0.6) is 5.75 Å². The average Bonchev–Trinajstić information content (AvgIpc) is 2.20. The number of hydrogen-bond acceptors (Lipinski definition) is 2. The van der Waals surface area contributed by atoms with Gasteiger partial charge in [-0.15, -0.1) is 0 Å². The summed E-state index contributed by atoms with van der Waals surface area (Å²) in [7, 11) is 0. The molecule has 0 spiro atoms. The van der Waals surface area contributed by atoms with Crippen LogP contribution in [-0.2, 0) is 4.79 Å². The second-order valence-corrected chi connectivity index (χ2v) is 3.99. The van der Waals surface area contributed by atoms with Crippen molar-refractivity contribution in [3.8, 4) is 5.75 Å². The minimum Gasteiger partial charge on any atom is -0.491 e. The lowest BCUT2D eigenvalue weighted by molar-refractivity contribution is -0.116. The van der Waals surface area contributed by atoms with Crippen LogP contribution < -0.4 is 10.1 Å². The summed E-state index contributed by atoms with van der Waals surface area (Å²) in [5.74, 6) is 0.878. The maximum atomic E-state index is 11.3. The van der Waals surface area contributed by atoms with Gasteiger partial charge in [-0.2, -0.15) is 0 Å². The van der Waals surface area contributed by atoms with Gasteiger partial charge in [0.25, 0.3) is 0 Å². The molecule has 0 aliphatic heterocycles. The molecule has 0 aliphatic rings. The zero-order valence-corrected chi connectivity index (χ0v) is 10.1. The summed E-state index contributed by atoms with van der Waals surface area (Å²) < 4.78 is 5.51. The molecule has 0 unspecified atom stereocenters. The van der Waals surface area contributed by atoms with Gasteiger partial charge >= 0.3 is 0 Å². The molecule has 0 atom stereocenters. The molecule has 3 heteroatoms. The summed E-state index contributed by atoms with van der Waals surface area (Å²) in [6, 6.07) is 7.43. The van der Waals surface area contributed by atoms with Crippen molar-refractivity contribution in [1.29, 1.82) is 0 Å². The van der Waals surface area contributed by atoms with Crippen LogP contribution in [0, 0.1) is 0 Å². The first-order valence-electron chi connectivity index (χ1n) is 5.68. The minimum atomic E-state index is 0.0556. The Morgan fingerprint density at radius 1 is 1.31 bits per heavy atom. The lowest BCUT2D eigenvalue weighted by atomic mass is 10.2. The largest absolute Gasteiger partial charge is 0.491 e. The Kier molecular flexibility index (Phi) is 4.83. The van der Waals surface area contributed by atoms with Gasteiger partial charge in [-0.05, 0) is 44.5 Å². The predicted molar refractivity (Wildman–Crippen MR) is 65.7 cm³/mol. The first-order valence-corrected chi connectivity index (χ1v) is 5.68. The topological polar surface area (TPSA) is 38.3 Å². The van der Waals surface area contributed by atoms with E-state index in [-0.39, 0.29) is 12.0 Å². The lowest BCUT2D eigenvalue weighted by Crippen LogP contribution is -2.10. The summed E-state index contributed by atoms with van der Waals surface area (Å²) in [5, 5.41) is 2.83. The molecule has 0 aromatic heterocycles. The summed E-state index contributed by atoms with van der Waals surface area (Å²) in [5.41, 5.74) is 0.814. The van der Waals surface area contributed by atoms with Crippen LogP contribution in [0.2, 0.25) is 0 Å². The number of benzene rings is 1. The fourth-order valence-corrected chi connectivity index (χ4v) is 1.34. The first kappa shape index (κ1) is 12.6. The predicted octanol–water partition coefficient (Wildman–Crippen LogP) is 3.21. The Bertz CT molecular complexity index is 330. The average molecular weight is 221 g/mol. The zero-order valence-electron chi connectivity index (χ0n) is 10.1. The maximum absolute atomic E-state index is 11.3. The molecule has 0 bridgehead atoms. The minimum absolute atomic E-state index is 0.0556. The highest BCUT2D eigenvalue weighted by Crippen LogP contribution is 2.17.